The van der Waals surface area contributed by atoms with Crippen molar-refractivity contribution < 1.29 is 12.9 Å². The summed E-state index contributed by atoms with van der Waals surface area (Å²) < 4.78 is 39.1. The maximum Gasteiger partial charge on any atom is 0.265 e. The summed E-state index contributed by atoms with van der Waals surface area (Å²) in [5, 5.41) is 4.92. The van der Waals surface area contributed by atoms with Crippen LogP contribution in [0, 0.1) is 27.7 Å². The van der Waals surface area contributed by atoms with Gasteiger partial charge in [-0.05, 0) is 63.1 Å². The summed E-state index contributed by atoms with van der Waals surface area (Å²) in [7, 11) is -3.98. The van der Waals surface area contributed by atoms with Crippen LogP contribution in [0.2, 0.25) is 0 Å². The average molecular weight is 555 g/mol. The number of benzene rings is 2. The molecule has 204 valence electrons. The van der Waals surface area contributed by atoms with Gasteiger partial charge in [0, 0.05) is 29.3 Å². The zero-order chi connectivity index (χ0) is 28.2. The topological polar surface area (TPSA) is 108 Å². The molecule has 1 N–H and O–H groups in total. The van der Waals surface area contributed by atoms with Gasteiger partial charge in [-0.25, -0.2) is 18.4 Å². The number of nitrogens with zero attached hydrogens (tertiary/aromatic N) is 5. The highest BCUT2D eigenvalue weighted by atomic mass is 32.2. The Kier molecular flexibility index (Phi) is 6.22. The van der Waals surface area contributed by atoms with E-state index in [0.717, 1.165) is 51.1 Å². The quantitative estimate of drug-likeness (QED) is 0.259. The first-order valence-corrected chi connectivity index (χ1v) is 14.6. The van der Waals surface area contributed by atoms with E-state index in [0.29, 0.717) is 23.6 Å². The Morgan fingerprint density at radius 3 is 2.48 bits per heavy atom. The fourth-order valence-corrected chi connectivity index (χ4v) is 6.46. The fraction of sp³-hybridized carbons (Fsp3) is 0.233. The lowest BCUT2D eigenvalue weighted by atomic mass is 10.1. The smallest absolute Gasteiger partial charge is 0.265 e. The highest BCUT2D eigenvalue weighted by Gasteiger charge is 2.24. The van der Waals surface area contributed by atoms with Gasteiger partial charge in [0.05, 0.1) is 17.7 Å². The van der Waals surface area contributed by atoms with E-state index in [1.807, 2.05) is 48.0 Å². The second-order valence-corrected chi connectivity index (χ2v) is 11.7. The van der Waals surface area contributed by atoms with E-state index in [9.17, 15) is 8.42 Å². The number of anilines is 1. The standard InChI is InChI=1S/C30H30N6O3S/c1-6-27-32-28-18(2)15-19(3)31-30(28)36(27)17-22-16-35(24-12-8-7-11-23(22)24)25-13-9-10-14-26(25)40(37,38)34-29-20(4)21(5)39-33-29/h7-16H,6,17H2,1-5H3,(H,33,34). The largest absolute Gasteiger partial charge is 0.359 e. The first kappa shape index (κ1) is 25.8. The summed E-state index contributed by atoms with van der Waals surface area (Å²) in [4.78, 5) is 9.87. The number of hydrogen-bond donors (Lipinski definition) is 1. The fourth-order valence-electron chi connectivity index (χ4n) is 5.21. The van der Waals surface area contributed by atoms with Gasteiger partial charge in [-0.2, -0.15) is 0 Å². The van der Waals surface area contributed by atoms with Gasteiger partial charge >= 0.3 is 0 Å². The van der Waals surface area contributed by atoms with Crippen LogP contribution in [0.4, 0.5) is 5.82 Å². The maximum atomic E-state index is 13.6. The molecular weight excluding hydrogens is 524 g/mol. The van der Waals surface area contributed by atoms with Crippen LogP contribution in [-0.2, 0) is 23.0 Å². The van der Waals surface area contributed by atoms with Crippen molar-refractivity contribution in [3.63, 3.8) is 0 Å². The van der Waals surface area contributed by atoms with E-state index in [-0.39, 0.29) is 10.7 Å². The second-order valence-electron chi connectivity index (χ2n) is 10.0. The van der Waals surface area contributed by atoms with Crippen molar-refractivity contribution in [3.05, 3.63) is 94.8 Å². The van der Waals surface area contributed by atoms with Gasteiger partial charge in [-0.3, -0.25) is 4.72 Å². The molecule has 0 amide bonds. The average Bonchev–Trinajstić information content (AvgIpc) is 3.58. The van der Waals surface area contributed by atoms with Crippen LogP contribution in [0.15, 0.2) is 70.2 Å². The van der Waals surface area contributed by atoms with Crippen molar-refractivity contribution in [1.82, 2.24) is 24.3 Å². The number of aromatic nitrogens is 5. The molecule has 4 aromatic heterocycles. The molecule has 0 aliphatic carbocycles. The Bertz CT molecular complexity index is 2020. The number of sulfonamides is 1. The van der Waals surface area contributed by atoms with E-state index in [4.69, 9.17) is 14.5 Å². The Morgan fingerprint density at radius 2 is 1.73 bits per heavy atom. The summed E-state index contributed by atoms with van der Waals surface area (Å²) in [6, 6.07) is 17.0. The van der Waals surface area contributed by atoms with Crippen LogP contribution in [0.25, 0.3) is 27.8 Å². The van der Waals surface area contributed by atoms with Crippen LogP contribution in [0.5, 0.6) is 0 Å². The molecule has 9 nitrogen and oxygen atoms in total. The molecular formula is C30H30N6O3S. The molecule has 0 aliphatic heterocycles. The van der Waals surface area contributed by atoms with E-state index in [2.05, 4.69) is 40.4 Å². The first-order valence-electron chi connectivity index (χ1n) is 13.2. The third-order valence-electron chi connectivity index (χ3n) is 7.34. The Labute approximate surface area is 232 Å². The normalized spacial score (nSPS) is 12.0. The SMILES string of the molecule is CCc1nc2c(C)cc(C)nc2n1Cc1cn(-c2ccccc2S(=O)(=O)Nc2noc(C)c2C)c2ccccc12. The van der Waals surface area contributed by atoms with E-state index in [1.165, 1.54) is 0 Å². The zero-order valence-corrected chi connectivity index (χ0v) is 23.9. The van der Waals surface area contributed by atoms with Gasteiger partial charge < -0.3 is 13.7 Å². The van der Waals surface area contributed by atoms with Crippen molar-refractivity contribution in [2.75, 3.05) is 4.72 Å². The molecule has 6 rings (SSSR count). The number of pyridine rings is 1. The van der Waals surface area contributed by atoms with Gasteiger partial charge in [-0.1, -0.05) is 42.4 Å². The lowest BCUT2D eigenvalue weighted by Crippen LogP contribution is -2.16. The zero-order valence-electron chi connectivity index (χ0n) is 23.1. The van der Waals surface area contributed by atoms with Crippen molar-refractivity contribution >= 4 is 37.9 Å². The molecule has 40 heavy (non-hydrogen) atoms. The number of hydrogen-bond acceptors (Lipinski definition) is 6. The van der Waals surface area contributed by atoms with Gasteiger partial charge in [0.25, 0.3) is 10.0 Å². The predicted molar refractivity (Wildman–Crippen MR) is 156 cm³/mol. The van der Waals surface area contributed by atoms with Crippen LogP contribution < -0.4 is 4.72 Å². The minimum absolute atomic E-state index is 0.137. The minimum Gasteiger partial charge on any atom is -0.359 e. The molecule has 0 fully saturated rings. The lowest BCUT2D eigenvalue weighted by molar-refractivity contribution is 0.399. The molecule has 0 saturated carbocycles. The van der Waals surface area contributed by atoms with E-state index in [1.54, 1.807) is 26.0 Å². The molecule has 4 heterocycles. The molecule has 6 aromatic rings. The Hall–Kier alpha value is -4.44. The number of para-hydroxylation sites is 2. The first-order chi connectivity index (χ1) is 19.2. The Balaban J connectivity index is 1.49. The highest BCUT2D eigenvalue weighted by molar-refractivity contribution is 7.92. The number of aryl methyl sites for hydroxylation is 4. The van der Waals surface area contributed by atoms with Crippen molar-refractivity contribution in [2.45, 2.75) is 52.5 Å². The second kappa shape index (κ2) is 9.63. The number of rotatable bonds is 7. The molecule has 2 aromatic carbocycles. The molecule has 0 radical (unpaired) electrons. The number of imidazole rings is 1. The summed E-state index contributed by atoms with van der Waals surface area (Å²) in [5.74, 6) is 1.70. The summed E-state index contributed by atoms with van der Waals surface area (Å²) in [6.45, 7) is 10.2. The van der Waals surface area contributed by atoms with Crippen LogP contribution in [0.1, 0.15) is 40.9 Å². The van der Waals surface area contributed by atoms with E-state index < -0.39 is 10.0 Å². The number of nitrogens with one attached hydrogen (secondary N) is 1. The van der Waals surface area contributed by atoms with Crippen LogP contribution in [-0.4, -0.2) is 32.7 Å². The molecule has 0 saturated heterocycles. The molecule has 0 spiro atoms. The summed E-state index contributed by atoms with van der Waals surface area (Å²) in [6.07, 6.45) is 2.78. The van der Waals surface area contributed by atoms with Crippen LogP contribution in [0.3, 0.4) is 0 Å². The van der Waals surface area contributed by atoms with Crippen molar-refractivity contribution in [3.8, 4) is 5.69 Å². The number of fused-ring (bicyclic) bond motifs is 2. The summed E-state index contributed by atoms with van der Waals surface area (Å²) >= 11 is 0. The molecule has 0 aliphatic rings. The van der Waals surface area contributed by atoms with Gasteiger partial charge in [0.15, 0.2) is 11.5 Å². The minimum atomic E-state index is -3.98. The maximum absolute atomic E-state index is 13.6. The van der Waals surface area contributed by atoms with Crippen molar-refractivity contribution in [2.24, 2.45) is 0 Å². The van der Waals surface area contributed by atoms with Gasteiger partial charge in [0.2, 0.25) is 0 Å². The van der Waals surface area contributed by atoms with Crippen molar-refractivity contribution in [1.29, 1.82) is 0 Å². The van der Waals surface area contributed by atoms with E-state index >= 15 is 0 Å². The molecule has 0 unspecified atom stereocenters. The van der Waals surface area contributed by atoms with Gasteiger partial charge in [-0.15, -0.1) is 0 Å². The monoisotopic (exact) mass is 554 g/mol. The third kappa shape index (κ3) is 4.24. The van der Waals surface area contributed by atoms with Crippen LogP contribution >= 0.6 is 0 Å². The lowest BCUT2D eigenvalue weighted by Gasteiger charge is -2.13. The Morgan fingerprint density at radius 1 is 0.975 bits per heavy atom. The summed E-state index contributed by atoms with van der Waals surface area (Å²) in [5.41, 5.74) is 6.93. The third-order valence-corrected chi connectivity index (χ3v) is 8.73. The molecule has 0 atom stereocenters. The predicted octanol–water partition coefficient (Wildman–Crippen LogP) is 6.01. The van der Waals surface area contributed by atoms with Gasteiger partial charge in [0.1, 0.15) is 22.0 Å². The highest BCUT2D eigenvalue weighted by Crippen LogP contribution is 2.31. The molecule has 0 bridgehead atoms. The molecule has 10 heteroatoms.